The lowest BCUT2D eigenvalue weighted by atomic mass is 9.94. The number of H-pyrrole nitrogens is 1. The van der Waals surface area contributed by atoms with E-state index in [9.17, 15) is 15.0 Å². The molecule has 8 nitrogen and oxygen atoms in total. The van der Waals surface area contributed by atoms with Gasteiger partial charge in [0.2, 0.25) is 0 Å². The summed E-state index contributed by atoms with van der Waals surface area (Å²) in [7, 11) is 0. The van der Waals surface area contributed by atoms with Crippen molar-refractivity contribution in [3.8, 4) is 28.5 Å². The second-order valence-corrected chi connectivity index (χ2v) is 9.63. The fourth-order valence-electron chi connectivity index (χ4n) is 4.71. The van der Waals surface area contributed by atoms with Crippen LogP contribution in [0.2, 0.25) is 0 Å². The monoisotopic (exact) mass is 493 g/mol. The zero-order valence-corrected chi connectivity index (χ0v) is 21.6. The summed E-state index contributed by atoms with van der Waals surface area (Å²) in [4.78, 5) is 15.0. The number of amides is 1. The Labute approximate surface area is 211 Å². The highest BCUT2D eigenvalue weighted by atomic mass is 16.5. The maximum atomic E-state index is 13.3. The van der Waals surface area contributed by atoms with Gasteiger partial charge in [0.15, 0.2) is 11.5 Å². The summed E-state index contributed by atoms with van der Waals surface area (Å²) in [6, 6.07) is 8.93. The molecule has 1 atom stereocenters. The van der Waals surface area contributed by atoms with E-state index < -0.39 is 6.04 Å². The van der Waals surface area contributed by atoms with Crippen molar-refractivity contribution in [2.75, 3.05) is 26.4 Å². The third kappa shape index (κ3) is 4.78. The van der Waals surface area contributed by atoms with Gasteiger partial charge in [-0.05, 0) is 68.0 Å². The Morgan fingerprint density at radius 2 is 1.92 bits per heavy atom. The van der Waals surface area contributed by atoms with Crippen LogP contribution in [0.4, 0.5) is 0 Å². The summed E-state index contributed by atoms with van der Waals surface area (Å²) in [5.74, 6) is 1.66. The van der Waals surface area contributed by atoms with Gasteiger partial charge in [0.1, 0.15) is 17.1 Å². The van der Waals surface area contributed by atoms with Crippen LogP contribution in [-0.4, -0.2) is 57.6 Å². The third-order valence-corrected chi connectivity index (χ3v) is 6.44. The van der Waals surface area contributed by atoms with Gasteiger partial charge in [0.25, 0.3) is 5.91 Å². The van der Waals surface area contributed by atoms with Gasteiger partial charge in [-0.15, -0.1) is 0 Å². The number of β-amino-alcohol motifs (C(OH)–C–C–N with tert-alkyl or cyclic N) is 1. The van der Waals surface area contributed by atoms with Crippen LogP contribution in [0.15, 0.2) is 30.3 Å². The number of carbonyl (C=O) groups is 1. The molecule has 0 spiro atoms. The molecule has 4 rings (SSSR count). The number of aliphatic hydroxyl groups excluding tert-OH is 1. The van der Waals surface area contributed by atoms with E-state index in [-0.39, 0.29) is 24.8 Å². The first-order chi connectivity index (χ1) is 17.3. The zero-order valence-electron chi connectivity index (χ0n) is 21.6. The van der Waals surface area contributed by atoms with Gasteiger partial charge in [-0.2, -0.15) is 5.10 Å². The number of nitrogens with one attached hydrogen (secondary N) is 1. The molecule has 2 heterocycles. The lowest BCUT2D eigenvalue weighted by Gasteiger charge is -2.26. The fourth-order valence-corrected chi connectivity index (χ4v) is 4.71. The lowest BCUT2D eigenvalue weighted by Crippen LogP contribution is -2.32. The number of fused-ring (bicyclic) bond motifs is 1. The van der Waals surface area contributed by atoms with Crippen LogP contribution in [0.25, 0.3) is 11.3 Å². The van der Waals surface area contributed by atoms with Gasteiger partial charge in [0.05, 0.1) is 25.9 Å². The van der Waals surface area contributed by atoms with E-state index in [1.165, 1.54) is 0 Å². The summed E-state index contributed by atoms with van der Waals surface area (Å²) in [5.41, 5.74) is 4.63. The highest BCUT2D eigenvalue weighted by Crippen LogP contribution is 2.46. The molecule has 2 aromatic carbocycles. The molecule has 0 radical (unpaired) electrons. The molecule has 0 bridgehead atoms. The van der Waals surface area contributed by atoms with Crippen LogP contribution >= 0.6 is 0 Å². The predicted octanol–water partition coefficient (Wildman–Crippen LogP) is 4.76. The number of nitrogens with zero attached hydrogens (tertiary/aromatic N) is 2. The van der Waals surface area contributed by atoms with Crippen molar-refractivity contribution in [3.63, 3.8) is 0 Å². The molecule has 0 fully saturated rings. The zero-order chi connectivity index (χ0) is 26.0. The van der Waals surface area contributed by atoms with E-state index >= 15 is 0 Å². The molecule has 1 unspecified atom stereocenters. The Hall–Kier alpha value is -3.52. The Morgan fingerprint density at radius 1 is 1.14 bits per heavy atom. The van der Waals surface area contributed by atoms with Crippen molar-refractivity contribution in [1.29, 1.82) is 0 Å². The number of aromatic nitrogens is 2. The summed E-state index contributed by atoms with van der Waals surface area (Å²) >= 11 is 0. The van der Waals surface area contributed by atoms with Crippen molar-refractivity contribution in [2.24, 2.45) is 5.92 Å². The van der Waals surface area contributed by atoms with Gasteiger partial charge >= 0.3 is 0 Å². The minimum atomic E-state index is -0.516. The van der Waals surface area contributed by atoms with Crippen molar-refractivity contribution >= 4 is 5.91 Å². The Morgan fingerprint density at radius 3 is 2.61 bits per heavy atom. The molecule has 192 valence electrons. The Kier molecular flexibility index (Phi) is 7.54. The van der Waals surface area contributed by atoms with E-state index in [0.29, 0.717) is 53.1 Å². The third-order valence-electron chi connectivity index (χ3n) is 6.44. The molecular formula is C28H35N3O5. The lowest BCUT2D eigenvalue weighted by molar-refractivity contribution is 0.0706. The van der Waals surface area contributed by atoms with Gasteiger partial charge in [-0.1, -0.05) is 26.0 Å². The minimum Gasteiger partial charge on any atom is -0.507 e. The van der Waals surface area contributed by atoms with Gasteiger partial charge in [-0.3, -0.25) is 9.89 Å². The number of phenols is 1. The summed E-state index contributed by atoms with van der Waals surface area (Å²) < 4.78 is 11.9. The van der Waals surface area contributed by atoms with Gasteiger partial charge in [-0.25, -0.2) is 0 Å². The van der Waals surface area contributed by atoms with E-state index in [1.54, 1.807) is 4.90 Å². The van der Waals surface area contributed by atoms with Crippen molar-refractivity contribution < 1.29 is 24.5 Å². The number of aromatic hydroxyl groups is 1. The molecule has 36 heavy (non-hydrogen) atoms. The first kappa shape index (κ1) is 25.6. The standard InChI is InChI=1S/C28H35N3O5/c1-6-35-22-15-19(7-8-21(22)36-12-9-16(2)3)26-23-24(20-14-17(4)13-18(5)27(20)33)29-30-25(23)28(34)31(26)10-11-32/h7-8,13-16,26,32-33H,6,9-12H2,1-5H3,(H,29,30). The molecule has 8 heteroatoms. The second kappa shape index (κ2) is 10.6. The summed E-state index contributed by atoms with van der Waals surface area (Å²) in [6.07, 6.45) is 0.926. The normalized spacial score (nSPS) is 15.0. The molecule has 1 aromatic heterocycles. The number of ether oxygens (including phenoxy) is 2. The van der Waals surface area contributed by atoms with Crippen molar-refractivity contribution in [2.45, 2.75) is 47.1 Å². The molecule has 3 aromatic rings. The Bertz CT molecular complexity index is 1250. The number of aliphatic hydroxyl groups is 1. The SMILES string of the molecule is CCOc1cc(C2c3c(-c4cc(C)cc(C)c4O)n[nH]c3C(=O)N2CCO)ccc1OCCC(C)C. The van der Waals surface area contributed by atoms with Crippen LogP contribution in [0.3, 0.4) is 0 Å². The number of hydrogen-bond donors (Lipinski definition) is 3. The average molecular weight is 494 g/mol. The van der Waals surface area contributed by atoms with Crippen LogP contribution < -0.4 is 9.47 Å². The predicted molar refractivity (Wildman–Crippen MR) is 138 cm³/mol. The number of aryl methyl sites for hydroxylation is 2. The first-order valence-corrected chi connectivity index (χ1v) is 12.5. The van der Waals surface area contributed by atoms with Crippen LogP contribution in [0.1, 0.15) is 66.0 Å². The Balaban J connectivity index is 1.82. The number of phenolic OH excluding ortho intramolecular Hbond substituents is 1. The van der Waals surface area contributed by atoms with E-state index in [2.05, 4.69) is 24.0 Å². The first-order valence-electron chi connectivity index (χ1n) is 12.5. The van der Waals surface area contributed by atoms with E-state index in [0.717, 1.165) is 23.1 Å². The molecule has 0 saturated heterocycles. The summed E-state index contributed by atoms with van der Waals surface area (Å²) in [5, 5.41) is 28.0. The molecule has 0 aliphatic carbocycles. The van der Waals surface area contributed by atoms with Crippen LogP contribution in [-0.2, 0) is 0 Å². The molecule has 0 saturated carbocycles. The topological polar surface area (TPSA) is 108 Å². The van der Waals surface area contributed by atoms with Crippen molar-refractivity contribution in [3.05, 3.63) is 58.3 Å². The number of hydrogen-bond acceptors (Lipinski definition) is 6. The number of carbonyl (C=O) groups excluding carboxylic acids is 1. The number of rotatable bonds is 10. The number of aromatic amines is 1. The van der Waals surface area contributed by atoms with Gasteiger partial charge in [0, 0.05) is 17.7 Å². The quantitative estimate of drug-likeness (QED) is 0.376. The van der Waals surface area contributed by atoms with Gasteiger partial charge < -0.3 is 24.6 Å². The highest BCUT2D eigenvalue weighted by Gasteiger charge is 2.42. The van der Waals surface area contributed by atoms with Crippen molar-refractivity contribution in [1.82, 2.24) is 15.1 Å². The highest BCUT2D eigenvalue weighted by molar-refractivity contribution is 6.00. The molecule has 1 aliphatic heterocycles. The van der Waals surface area contributed by atoms with E-state index in [1.807, 2.05) is 51.1 Å². The molecule has 3 N–H and O–H groups in total. The largest absolute Gasteiger partial charge is 0.507 e. The average Bonchev–Trinajstić information content (AvgIpc) is 3.37. The number of benzene rings is 2. The van der Waals surface area contributed by atoms with Crippen LogP contribution in [0, 0.1) is 19.8 Å². The maximum Gasteiger partial charge on any atom is 0.273 e. The minimum absolute atomic E-state index is 0.130. The summed E-state index contributed by atoms with van der Waals surface area (Å²) in [6.45, 7) is 11.0. The smallest absolute Gasteiger partial charge is 0.273 e. The molecular weight excluding hydrogens is 458 g/mol. The second-order valence-electron chi connectivity index (χ2n) is 9.63. The van der Waals surface area contributed by atoms with Crippen LogP contribution in [0.5, 0.6) is 17.2 Å². The molecule has 1 aliphatic rings. The maximum absolute atomic E-state index is 13.3. The fraction of sp³-hybridized carbons (Fsp3) is 0.429. The van der Waals surface area contributed by atoms with E-state index in [4.69, 9.17) is 9.47 Å². The molecule has 1 amide bonds.